The van der Waals surface area contributed by atoms with Crippen LogP contribution in [0.3, 0.4) is 0 Å². The van der Waals surface area contributed by atoms with E-state index in [1.807, 2.05) is 24.3 Å². The highest BCUT2D eigenvalue weighted by Gasteiger charge is 2.41. The molecular formula is C35H28F8O. The summed E-state index contributed by atoms with van der Waals surface area (Å²) < 4.78 is 118. The van der Waals surface area contributed by atoms with Crippen molar-refractivity contribution in [1.82, 2.24) is 0 Å². The van der Waals surface area contributed by atoms with Gasteiger partial charge in [-0.2, -0.15) is 8.78 Å². The van der Waals surface area contributed by atoms with E-state index in [1.165, 1.54) is 17.7 Å². The van der Waals surface area contributed by atoms with E-state index in [1.54, 1.807) is 6.07 Å². The van der Waals surface area contributed by atoms with E-state index in [0.717, 1.165) is 37.7 Å². The molecule has 0 aliphatic heterocycles. The highest BCUT2D eigenvalue weighted by molar-refractivity contribution is 5.71. The van der Waals surface area contributed by atoms with Crippen molar-refractivity contribution < 1.29 is 39.9 Å². The fraction of sp³-hybridized carbons (Fsp3) is 0.257. The van der Waals surface area contributed by atoms with Gasteiger partial charge < -0.3 is 4.74 Å². The molecule has 0 saturated heterocycles. The van der Waals surface area contributed by atoms with E-state index >= 15 is 4.39 Å². The Bertz CT molecular complexity index is 1630. The van der Waals surface area contributed by atoms with E-state index in [-0.39, 0.29) is 23.3 Å². The highest BCUT2D eigenvalue weighted by atomic mass is 19.3. The van der Waals surface area contributed by atoms with Crippen LogP contribution >= 0.6 is 0 Å². The second-order valence-electron chi connectivity index (χ2n) is 10.9. The second kappa shape index (κ2) is 12.8. The summed E-state index contributed by atoms with van der Waals surface area (Å²) in [6.07, 6.45) is 5.26. The largest absolute Gasteiger partial charge is 0.432 e. The first-order valence-corrected chi connectivity index (χ1v) is 14.2. The molecule has 0 atom stereocenters. The molecule has 9 heteroatoms. The van der Waals surface area contributed by atoms with Crippen LogP contribution in [0, 0.1) is 40.8 Å². The molecule has 1 aliphatic carbocycles. The Kier molecular flexibility index (Phi) is 9.13. The number of rotatable bonds is 8. The average Bonchev–Trinajstić information content (AvgIpc) is 2.98. The molecule has 1 fully saturated rings. The van der Waals surface area contributed by atoms with E-state index < -0.39 is 52.3 Å². The third-order valence-electron chi connectivity index (χ3n) is 7.95. The van der Waals surface area contributed by atoms with Gasteiger partial charge in [-0.25, -0.2) is 26.3 Å². The Morgan fingerprint density at radius 3 is 1.82 bits per heavy atom. The van der Waals surface area contributed by atoms with Gasteiger partial charge in [0, 0.05) is 17.7 Å². The van der Waals surface area contributed by atoms with Crippen molar-refractivity contribution in [2.45, 2.75) is 51.1 Å². The van der Waals surface area contributed by atoms with E-state index in [0.29, 0.717) is 29.5 Å². The molecule has 5 rings (SSSR count). The fourth-order valence-corrected chi connectivity index (χ4v) is 5.65. The van der Waals surface area contributed by atoms with Crippen molar-refractivity contribution in [3.63, 3.8) is 0 Å². The molecule has 230 valence electrons. The molecular weight excluding hydrogens is 588 g/mol. The maximum absolute atomic E-state index is 15.2. The molecule has 0 radical (unpaired) electrons. The summed E-state index contributed by atoms with van der Waals surface area (Å²) in [5.74, 6) is -10.1. The van der Waals surface area contributed by atoms with Crippen LogP contribution < -0.4 is 4.74 Å². The van der Waals surface area contributed by atoms with Crippen LogP contribution in [0.2, 0.25) is 0 Å². The lowest BCUT2D eigenvalue weighted by molar-refractivity contribution is -0.189. The minimum absolute atomic E-state index is 0.109. The molecule has 1 saturated carbocycles. The molecule has 0 spiro atoms. The number of hydrogen-bond donors (Lipinski definition) is 0. The van der Waals surface area contributed by atoms with Gasteiger partial charge in [0.15, 0.2) is 17.5 Å². The van der Waals surface area contributed by atoms with Crippen molar-refractivity contribution >= 4 is 0 Å². The van der Waals surface area contributed by atoms with Gasteiger partial charge in [-0.15, -0.1) is 0 Å². The molecule has 0 unspecified atom stereocenters. The zero-order chi connectivity index (χ0) is 31.6. The smallest absolute Gasteiger partial charge is 0.429 e. The number of benzene rings is 4. The van der Waals surface area contributed by atoms with Gasteiger partial charge >= 0.3 is 6.11 Å². The highest BCUT2D eigenvalue weighted by Crippen LogP contribution is 2.40. The van der Waals surface area contributed by atoms with Crippen LogP contribution in [0.4, 0.5) is 35.1 Å². The summed E-state index contributed by atoms with van der Waals surface area (Å²) in [7, 11) is 0. The Hall–Kier alpha value is -4.14. The zero-order valence-electron chi connectivity index (χ0n) is 23.6. The summed E-state index contributed by atoms with van der Waals surface area (Å²) >= 11 is 0. The molecule has 0 heterocycles. The van der Waals surface area contributed by atoms with Crippen molar-refractivity contribution in [1.29, 1.82) is 0 Å². The quantitative estimate of drug-likeness (QED) is 0.109. The molecule has 0 N–H and O–H groups in total. The second-order valence-corrected chi connectivity index (χ2v) is 10.9. The van der Waals surface area contributed by atoms with Gasteiger partial charge in [0.25, 0.3) is 0 Å². The molecule has 0 aromatic heterocycles. The lowest BCUT2D eigenvalue weighted by atomic mass is 9.78. The molecule has 0 amide bonds. The molecule has 4 aromatic carbocycles. The molecule has 0 bridgehead atoms. The first kappa shape index (κ1) is 31.3. The molecule has 1 nitrogen and oxygen atoms in total. The van der Waals surface area contributed by atoms with Gasteiger partial charge in [-0.1, -0.05) is 55.5 Å². The van der Waals surface area contributed by atoms with Crippen molar-refractivity contribution in [2.24, 2.45) is 5.92 Å². The Morgan fingerprint density at radius 1 is 0.682 bits per heavy atom. The summed E-state index contributed by atoms with van der Waals surface area (Å²) in [6, 6.07) is 13.1. The van der Waals surface area contributed by atoms with Gasteiger partial charge in [0.1, 0.15) is 28.8 Å². The van der Waals surface area contributed by atoms with Crippen LogP contribution in [0.15, 0.2) is 78.9 Å². The first-order chi connectivity index (χ1) is 21.0. The average molecular weight is 617 g/mol. The predicted octanol–water partition coefficient (Wildman–Crippen LogP) is 11.2. The molecule has 44 heavy (non-hydrogen) atoms. The zero-order valence-corrected chi connectivity index (χ0v) is 23.6. The monoisotopic (exact) mass is 616 g/mol. The summed E-state index contributed by atoms with van der Waals surface area (Å²) in [5.41, 5.74) is -0.00294. The summed E-state index contributed by atoms with van der Waals surface area (Å²) in [4.78, 5) is 0. The maximum Gasteiger partial charge on any atom is 0.432 e. The van der Waals surface area contributed by atoms with Gasteiger partial charge in [0.05, 0.1) is 0 Å². The van der Waals surface area contributed by atoms with Gasteiger partial charge in [-0.05, 0) is 84.4 Å². The normalized spacial score (nSPS) is 17.3. The number of alkyl halides is 2. The SMILES string of the molecule is CCC=CC1CCC(c2ccc(-c3ccc(-c4cc(F)c(C(F)(F)Oc5cc(F)c(F)c(F)c5)c(F)c4)c(F)c3)cc2)CC1. The van der Waals surface area contributed by atoms with Crippen molar-refractivity contribution in [3.05, 3.63) is 125 Å². The first-order valence-electron chi connectivity index (χ1n) is 14.2. The van der Waals surface area contributed by atoms with Crippen LogP contribution in [0.25, 0.3) is 22.3 Å². The van der Waals surface area contributed by atoms with E-state index in [2.05, 4.69) is 23.8 Å². The summed E-state index contributed by atoms with van der Waals surface area (Å²) in [5, 5.41) is 0. The van der Waals surface area contributed by atoms with Crippen LogP contribution in [-0.4, -0.2) is 0 Å². The van der Waals surface area contributed by atoms with Crippen LogP contribution in [0.1, 0.15) is 56.1 Å². The Morgan fingerprint density at radius 2 is 1.25 bits per heavy atom. The van der Waals surface area contributed by atoms with Gasteiger partial charge in [0.2, 0.25) is 0 Å². The summed E-state index contributed by atoms with van der Waals surface area (Å²) in [6.45, 7) is 2.12. The Balaban J connectivity index is 1.33. The number of allylic oxidation sites excluding steroid dienone is 2. The minimum Gasteiger partial charge on any atom is -0.429 e. The van der Waals surface area contributed by atoms with Gasteiger partial charge in [-0.3, -0.25) is 0 Å². The Labute approximate surface area is 249 Å². The number of hydrogen-bond acceptors (Lipinski definition) is 1. The molecule has 4 aromatic rings. The molecule has 1 aliphatic rings. The minimum atomic E-state index is -4.75. The van der Waals surface area contributed by atoms with Crippen molar-refractivity contribution in [2.75, 3.05) is 0 Å². The topological polar surface area (TPSA) is 9.23 Å². The third-order valence-corrected chi connectivity index (χ3v) is 7.95. The van der Waals surface area contributed by atoms with E-state index in [9.17, 15) is 30.7 Å². The number of halogens is 8. The fourth-order valence-electron chi connectivity index (χ4n) is 5.65. The van der Waals surface area contributed by atoms with Crippen molar-refractivity contribution in [3.8, 4) is 28.0 Å². The van der Waals surface area contributed by atoms with E-state index in [4.69, 9.17) is 0 Å². The third kappa shape index (κ3) is 6.66. The predicted molar refractivity (Wildman–Crippen MR) is 152 cm³/mol. The lowest BCUT2D eigenvalue weighted by Gasteiger charge is -2.27. The van der Waals surface area contributed by atoms with Crippen LogP contribution in [-0.2, 0) is 6.11 Å². The number of ether oxygens (including phenoxy) is 1. The van der Waals surface area contributed by atoms with Crippen LogP contribution in [0.5, 0.6) is 5.75 Å². The standard InChI is InChI=1S/C35H28F8O/c1-2-3-4-20-5-7-21(8-6-20)22-9-11-23(12-10-22)24-13-14-27(28(36)15-24)25-16-29(37)33(30(38)17-25)35(42,43)44-26-18-31(39)34(41)32(40)19-26/h3-4,9-21H,2,5-8H2,1H3. The lowest BCUT2D eigenvalue weighted by Crippen LogP contribution is -2.25. The maximum atomic E-state index is 15.2.